The number of hydrogen-bond acceptors (Lipinski definition) is 4. The fourth-order valence-corrected chi connectivity index (χ4v) is 2.20. The first-order valence-corrected chi connectivity index (χ1v) is 7.43. The van der Waals surface area contributed by atoms with Crippen molar-refractivity contribution in [3.05, 3.63) is 42.4 Å². The van der Waals surface area contributed by atoms with Gasteiger partial charge in [-0.05, 0) is 25.1 Å². The van der Waals surface area contributed by atoms with E-state index in [4.69, 9.17) is 4.42 Å². The Hall–Kier alpha value is -1.34. The molecule has 2 aromatic rings. The summed E-state index contributed by atoms with van der Waals surface area (Å²) >= 11 is 0.572. The van der Waals surface area contributed by atoms with Gasteiger partial charge in [-0.25, -0.2) is 4.98 Å². The summed E-state index contributed by atoms with van der Waals surface area (Å²) in [5.41, 5.74) is 0. The Morgan fingerprint density at radius 2 is 2.20 bits per heavy atom. The van der Waals surface area contributed by atoms with Crippen LogP contribution in [0.25, 0.3) is 0 Å². The molecule has 0 aromatic carbocycles. The first-order chi connectivity index (χ1) is 9.74. The summed E-state index contributed by atoms with van der Waals surface area (Å²) in [5, 5.41) is 3.26. The second kappa shape index (κ2) is 8.06. The number of nitrogens with one attached hydrogen (secondary N) is 1. The van der Waals surface area contributed by atoms with Crippen molar-refractivity contribution in [2.24, 2.45) is 0 Å². The van der Waals surface area contributed by atoms with Crippen LogP contribution < -0.4 is 5.32 Å². The van der Waals surface area contributed by atoms with Crippen LogP contribution in [-0.2, 0) is 18.8 Å². The van der Waals surface area contributed by atoms with Crippen LogP contribution in [0.2, 0.25) is 0 Å². The molecule has 2 heterocycles. The fourth-order valence-electron chi connectivity index (χ4n) is 1.76. The van der Waals surface area contributed by atoms with E-state index in [0.717, 1.165) is 25.3 Å². The van der Waals surface area contributed by atoms with Gasteiger partial charge in [0, 0.05) is 18.9 Å². The molecule has 0 spiro atoms. The lowest BCUT2D eigenvalue weighted by Crippen LogP contribution is -2.15. The summed E-state index contributed by atoms with van der Waals surface area (Å²) in [6, 6.07) is 3.57. The van der Waals surface area contributed by atoms with Gasteiger partial charge >= 0.3 is 0 Å². The van der Waals surface area contributed by atoms with E-state index in [2.05, 4.69) is 10.3 Å². The Balaban J connectivity index is 1.59. The molecule has 0 aliphatic carbocycles. The van der Waals surface area contributed by atoms with Crippen molar-refractivity contribution in [1.82, 2.24) is 14.9 Å². The van der Waals surface area contributed by atoms with E-state index in [0.29, 0.717) is 24.1 Å². The number of nitrogens with zero attached hydrogens (tertiary/aromatic N) is 2. The zero-order valence-corrected chi connectivity index (χ0v) is 11.8. The number of alkyl halides is 2. The Morgan fingerprint density at radius 3 is 2.95 bits per heavy atom. The predicted octanol–water partition coefficient (Wildman–Crippen LogP) is 3.11. The van der Waals surface area contributed by atoms with E-state index in [1.165, 1.54) is 0 Å². The SMILES string of the molecule is FC(F)SCc1ccc(CNCCCn2ccnc2)o1. The Bertz CT molecular complexity index is 488. The molecule has 2 rings (SSSR count). The quantitative estimate of drug-likeness (QED) is 0.723. The molecule has 0 aliphatic heterocycles. The molecular weight excluding hydrogens is 284 g/mol. The van der Waals surface area contributed by atoms with Crippen molar-refractivity contribution >= 4 is 11.8 Å². The van der Waals surface area contributed by atoms with Gasteiger partial charge in [-0.3, -0.25) is 0 Å². The number of furan rings is 1. The number of thioether (sulfide) groups is 1. The van der Waals surface area contributed by atoms with Gasteiger partial charge in [-0.1, -0.05) is 11.8 Å². The van der Waals surface area contributed by atoms with Crippen LogP contribution in [0.3, 0.4) is 0 Å². The first kappa shape index (κ1) is 15.1. The van der Waals surface area contributed by atoms with Crippen LogP contribution in [0.1, 0.15) is 17.9 Å². The highest BCUT2D eigenvalue weighted by Crippen LogP contribution is 2.21. The van der Waals surface area contributed by atoms with Gasteiger partial charge in [0.15, 0.2) is 0 Å². The average molecular weight is 301 g/mol. The second-order valence-electron chi connectivity index (χ2n) is 4.27. The summed E-state index contributed by atoms with van der Waals surface area (Å²) in [6.07, 6.45) is 6.47. The van der Waals surface area contributed by atoms with E-state index < -0.39 is 5.76 Å². The summed E-state index contributed by atoms with van der Waals surface area (Å²) in [7, 11) is 0. The molecule has 4 nitrogen and oxygen atoms in total. The summed E-state index contributed by atoms with van der Waals surface area (Å²) < 4.78 is 31.5. The third kappa shape index (κ3) is 5.34. The van der Waals surface area contributed by atoms with Crippen molar-refractivity contribution in [1.29, 1.82) is 0 Å². The topological polar surface area (TPSA) is 43.0 Å². The lowest BCUT2D eigenvalue weighted by atomic mass is 10.4. The summed E-state index contributed by atoms with van der Waals surface area (Å²) in [4.78, 5) is 3.97. The zero-order chi connectivity index (χ0) is 14.2. The Morgan fingerprint density at radius 1 is 1.35 bits per heavy atom. The first-order valence-electron chi connectivity index (χ1n) is 6.38. The van der Waals surface area contributed by atoms with E-state index in [-0.39, 0.29) is 5.75 Å². The van der Waals surface area contributed by atoms with E-state index >= 15 is 0 Å². The largest absolute Gasteiger partial charge is 0.464 e. The number of halogens is 2. The highest BCUT2D eigenvalue weighted by atomic mass is 32.2. The highest BCUT2D eigenvalue weighted by molar-refractivity contribution is 7.98. The van der Waals surface area contributed by atoms with Crippen molar-refractivity contribution in [2.75, 3.05) is 6.54 Å². The maximum Gasteiger partial charge on any atom is 0.284 e. The third-order valence-electron chi connectivity index (χ3n) is 2.70. The van der Waals surface area contributed by atoms with Gasteiger partial charge in [0.05, 0.1) is 18.6 Å². The summed E-state index contributed by atoms with van der Waals surface area (Å²) in [5.74, 6) is -0.786. The molecule has 0 aliphatic rings. The number of aryl methyl sites for hydroxylation is 1. The summed E-state index contributed by atoms with van der Waals surface area (Å²) in [6.45, 7) is 2.39. The molecule has 0 saturated carbocycles. The van der Waals surface area contributed by atoms with Gasteiger partial charge in [0.1, 0.15) is 11.5 Å². The standard InChI is InChI=1S/C13H17F2N3OS/c14-13(15)20-9-12-3-2-11(19-12)8-16-4-1-6-18-7-5-17-10-18/h2-3,5,7,10,13,16H,1,4,6,8-9H2. The van der Waals surface area contributed by atoms with Crippen LogP contribution in [0.4, 0.5) is 8.78 Å². The number of aromatic nitrogens is 2. The average Bonchev–Trinajstić information content (AvgIpc) is 3.07. The van der Waals surface area contributed by atoms with E-state index in [1.54, 1.807) is 18.6 Å². The smallest absolute Gasteiger partial charge is 0.284 e. The van der Waals surface area contributed by atoms with Gasteiger partial charge < -0.3 is 14.3 Å². The monoisotopic (exact) mass is 301 g/mol. The molecule has 7 heteroatoms. The molecule has 1 N–H and O–H groups in total. The van der Waals surface area contributed by atoms with Crippen molar-refractivity contribution < 1.29 is 13.2 Å². The molecule has 0 radical (unpaired) electrons. The number of hydrogen-bond donors (Lipinski definition) is 1. The lowest BCUT2D eigenvalue weighted by Gasteiger charge is -2.03. The lowest BCUT2D eigenvalue weighted by molar-refractivity contribution is 0.251. The molecule has 110 valence electrons. The maximum absolute atomic E-state index is 12.0. The molecule has 0 amide bonds. The van der Waals surface area contributed by atoms with Crippen LogP contribution >= 0.6 is 11.8 Å². The second-order valence-corrected chi connectivity index (χ2v) is 5.25. The highest BCUT2D eigenvalue weighted by Gasteiger charge is 2.07. The molecule has 0 unspecified atom stereocenters. The van der Waals surface area contributed by atoms with Gasteiger partial charge in [-0.2, -0.15) is 8.78 Å². The Labute approximate surface area is 120 Å². The molecule has 20 heavy (non-hydrogen) atoms. The van der Waals surface area contributed by atoms with Crippen LogP contribution in [-0.4, -0.2) is 21.9 Å². The minimum Gasteiger partial charge on any atom is -0.464 e. The van der Waals surface area contributed by atoms with Crippen molar-refractivity contribution in [2.45, 2.75) is 31.0 Å². The molecule has 2 aromatic heterocycles. The zero-order valence-electron chi connectivity index (χ0n) is 11.0. The molecule has 0 saturated heterocycles. The molecule has 0 atom stereocenters. The van der Waals surface area contributed by atoms with Gasteiger partial charge in [-0.15, -0.1) is 0 Å². The molecular formula is C13H17F2N3OS. The van der Waals surface area contributed by atoms with Crippen LogP contribution in [0.15, 0.2) is 35.3 Å². The molecule has 0 fully saturated rings. The van der Waals surface area contributed by atoms with Crippen LogP contribution in [0.5, 0.6) is 0 Å². The van der Waals surface area contributed by atoms with E-state index in [1.807, 2.05) is 16.8 Å². The van der Waals surface area contributed by atoms with Gasteiger partial charge in [0.2, 0.25) is 0 Å². The van der Waals surface area contributed by atoms with Crippen LogP contribution in [0, 0.1) is 0 Å². The van der Waals surface area contributed by atoms with Crippen molar-refractivity contribution in [3.63, 3.8) is 0 Å². The fraction of sp³-hybridized carbons (Fsp3) is 0.462. The minimum atomic E-state index is -2.36. The molecule has 0 bridgehead atoms. The normalized spacial score (nSPS) is 11.3. The number of imidazole rings is 1. The van der Waals surface area contributed by atoms with Crippen molar-refractivity contribution in [3.8, 4) is 0 Å². The van der Waals surface area contributed by atoms with E-state index in [9.17, 15) is 8.78 Å². The predicted molar refractivity (Wildman–Crippen MR) is 74.6 cm³/mol. The minimum absolute atomic E-state index is 0.207. The number of rotatable bonds is 9. The Kier molecular flexibility index (Phi) is 6.07. The van der Waals surface area contributed by atoms with Gasteiger partial charge in [0.25, 0.3) is 5.76 Å². The maximum atomic E-state index is 12.0. The third-order valence-corrected chi connectivity index (χ3v) is 3.40.